The number of fused-ring (bicyclic) bond motifs is 2. The summed E-state index contributed by atoms with van der Waals surface area (Å²) in [5.74, 6) is -0.521. The Labute approximate surface area is 169 Å². The molecule has 3 heterocycles. The maximum Gasteiger partial charge on any atom is 0.331 e. The van der Waals surface area contributed by atoms with E-state index in [1.165, 1.54) is 27.9 Å². The number of nitriles is 1. The zero-order valence-electron chi connectivity index (χ0n) is 15.3. The number of hydrogen-bond donors (Lipinski definition) is 0. The summed E-state index contributed by atoms with van der Waals surface area (Å²) in [6, 6.07) is 11.3. The van der Waals surface area contributed by atoms with Crippen molar-refractivity contribution in [3.8, 4) is 6.07 Å². The number of esters is 1. The maximum absolute atomic E-state index is 12.1. The van der Waals surface area contributed by atoms with Gasteiger partial charge in [0, 0.05) is 52.9 Å². The van der Waals surface area contributed by atoms with Crippen molar-refractivity contribution < 1.29 is 9.53 Å². The standard InChI is InChI=1S/C21H16N4O3S/c22-8-3-9-24-13-15(17-4-1-2-5-18(17)24)6-7-20(27)28-14-16-12-19(26)25-10-11-29-21(25)23-16/h1-2,4-7,10-13H,3,9,14H2/b7-6+. The lowest BCUT2D eigenvalue weighted by molar-refractivity contribution is -0.139. The van der Waals surface area contributed by atoms with E-state index >= 15 is 0 Å². The molecule has 7 nitrogen and oxygen atoms in total. The van der Waals surface area contributed by atoms with E-state index < -0.39 is 5.97 Å². The van der Waals surface area contributed by atoms with E-state index in [1.54, 1.807) is 17.7 Å². The van der Waals surface area contributed by atoms with Crippen LogP contribution in [0.15, 0.2) is 59.0 Å². The summed E-state index contributed by atoms with van der Waals surface area (Å²) >= 11 is 1.34. The van der Waals surface area contributed by atoms with Crippen LogP contribution < -0.4 is 5.56 Å². The number of nitrogens with zero attached hydrogens (tertiary/aromatic N) is 4. The van der Waals surface area contributed by atoms with Crippen molar-refractivity contribution >= 4 is 39.2 Å². The van der Waals surface area contributed by atoms with Crippen LogP contribution in [0, 0.1) is 11.3 Å². The van der Waals surface area contributed by atoms with E-state index in [-0.39, 0.29) is 12.2 Å². The highest BCUT2D eigenvalue weighted by atomic mass is 32.1. The van der Waals surface area contributed by atoms with Gasteiger partial charge in [0.05, 0.1) is 18.2 Å². The van der Waals surface area contributed by atoms with Gasteiger partial charge in [-0.1, -0.05) is 18.2 Å². The van der Waals surface area contributed by atoms with Crippen LogP contribution in [-0.4, -0.2) is 19.9 Å². The second kappa shape index (κ2) is 8.12. The average molecular weight is 404 g/mol. The second-order valence-electron chi connectivity index (χ2n) is 6.29. The Hall–Kier alpha value is -3.70. The fourth-order valence-corrected chi connectivity index (χ4v) is 3.81. The Balaban J connectivity index is 1.48. The first-order valence-electron chi connectivity index (χ1n) is 8.91. The molecule has 0 fully saturated rings. The number of carbonyl (C=O) groups is 1. The number of benzene rings is 1. The molecular weight excluding hydrogens is 388 g/mol. The molecule has 0 unspecified atom stereocenters. The molecule has 0 radical (unpaired) electrons. The summed E-state index contributed by atoms with van der Waals surface area (Å²) in [5.41, 5.74) is 2.08. The second-order valence-corrected chi connectivity index (χ2v) is 7.16. The fourth-order valence-electron chi connectivity index (χ4n) is 3.08. The van der Waals surface area contributed by atoms with E-state index in [1.807, 2.05) is 35.0 Å². The quantitative estimate of drug-likeness (QED) is 0.363. The molecule has 29 heavy (non-hydrogen) atoms. The molecule has 0 bridgehead atoms. The van der Waals surface area contributed by atoms with Crippen LogP contribution in [0.3, 0.4) is 0 Å². The third-order valence-electron chi connectivity index (χ3n) is 4.40. The summed E-state index contributed by atoms with van der Waals surface area (Å²) in [7, 11) is 0. The molecule has 0 amide bonds. The van der Waals surface area contributed by atoms with Crippen molar-refractivity contribution in [2.75, 3.05) is 0 Å². The molecule has 0 aliphatic carbocycles. The predicted octanol–water partition coefficient (Wildman–Crippen LogP) is 3.38. The van der Waals surface area contributed by atoms with E-state index in [0.29, 0.717) is 23.6 Å². The van der Waals surface area contributed by atoms with Gasteiger partial charge >= 0.3 is 5.97 Å². The van der Waals surface area contributed by atoms with Crippen molar-refractivity contribution in [3.63, 3.8) is 0 Å². The van der Waals surface area contributed by atoms with Crippen LogP contribution in [0.2, 0.25) is 0 Å². The Bertz CT molecular complexity index is 1320. The molecule has 0 aliphatic heterocycles. The SMILES string of the molecule is N#CCCn1cc(/C=C/C(=O)OCc2cc(=O)n3ccsc3n2)c2ccccc21. The first kappa shape index (κ1) is 18.7. The van der Waals surface area contributed by atoms with Crippen molar-refractivity contribution in [2.45, 2.75) is 19.6 Å². The lowest BCUT2D eigenvalue weighted by Gasteiger charge is -2.01. The number of ether oxygens (including phenoxy) is 1. The highest BCUT2D eigenvalue weighted by Gasteiger charge is 2.08. The smallest absolute Gasteiger partial charge is 0.331 e. The number of aromatic nitrogens is 3. The van der Waals surface area contributed by atoms with Crippen molar-refractivity contribution in [1.29, 1.82) is 5.26 Å². The van der Waals surface area contributed by atoms with Gasteiger partial charge in [-0.25, -0.2) is 9.78 Å². The number of hydrogen-bond acceptors (Lipinski definition) is 6. The van der Waals surface area contributed by atoms with Gasteiger partial charge in [0.15, 0.2) is 4.96 Å². The first-order valence-corrected chi connectivity index (χ1v) is 9.79. The summed E-state index contributed by atoms with van der Waals surface area (Å²) in [6.45, 7) is 0.512. The van der Waals surface area contributed by atoms with Crippen molar-refractivity contribution in [1.82, 2.24) is 14.0 Å². The number of para-hydroxylation sites is 1. The molecule has 0 saturated heterocycles. The molecule has 0 aliphatic rings. The number of carbonyl (C=O) groups excluding carboxylic acids is 1. The molecule has 0 atom stereocenters. The lowest BCUT2D eigenvalue weighted by Crippen LogP contribution is -2.14. The van der Waals surface area contributed by atoms with Gasteiger partial charge < -0.3 is 9.30 Å². The Morgan fingerprint density at radius 1 is 1.34 bits per heavy atom. The minimum absolute atomic E-state index is 0.0727. The number of rotatable bonds is 6. The Morgan fingerprint density at radius 2 is 2.21 bits per heavy atom. The fraction of sp³-hybridized carbons (Fsp3) is 0.143. The van der Waals surface area contributed by atoms with Crippen LogP contribution in [0.25, 0.3) is 21.9 Å². The number of aryl methyl sites for hydroxylation is 1. The van der Waals surface area contributed by atoms with Crippen LogP contribution in [0.5, 0.6) is 0 Å². The van der Waals surface area contributed by atoms with E-state index in [9.17, 15) is 9.59 Å². The topological polar surface area (TPSA) is 89.4 Å². The third kappa shape index (κ3) is 3.95. The Kier molecular flexibility index (Phi) is 5.22. The van der Waals surface area contributed by atoms with Gasteiger partial charge in [-0.15, -0.1) is 11.3 Å². The van der Waals surface area contributed by atoms with Crippen LogP contribution >= 0.6 is 11.3 Å². The average Bonchev–Trinajstić information content (AvgIpc) is 3.34. The molecule has 4 rings (SSSR count). The predicted molar refractivity (Wildman–Crippen MR) is 110 cm³/mol. The molecule has 0 N–H and O–H groups in total. The monoisotopic (exact) mass is 404 g/mol. The lowest BCUT2D eigenvalue weighted by atomic mass is 10.1. The minimum Gasteiger partial charge on any atom is -0.456 e. The van der Waals surface area contributed by atoms with Gasteiger partial charge in [-0.2, -0.15) is 5.26 Å². The molecule has 0 saturated carbocycles. The Morgan fingerprint density at radius 3 is 3.07 bits per heavy atom. The van der Waals surface area contributed by atoms with Gasteiger partial charge in [0.1, 0.15) is 6.61 Å². The molecule has 1 aromatic carbocycles. The van der Waals surface area contributed by atoms with Crippen LogP contribution in [-0.2, 0) is 22.7 Å². The highest BCUT2D eigenvalue weighted by Crippen LogP contribution is 2.23. The summed E-state index contributed by atoms with van der Waals surface area (Å²) < 4.78 is 8.67. The molecule has 0 spiro atoms. The largest absolute Gasteiger partial charge is 0.456 e. The number of thiazole rings is 1. The van der Waals surface area contributed by atoms with Crippen molar-refractivity contribution in [3.05, 3.63) is 75.8 Å². The van der Waals surface area contributed by atoms with E-state index in [0.717, 1.165) is 16.5 Å². The zero-order chi connectivity index (χ0) is 20.2. The van der Waals surface area contributed by atoms with E-state index in [4.69, 9.17) is 10.00 Å². The van der Waals surface area contributed by atoms with Gasteiger partial charge in [-0.05, 0) is 12.1 Å². The van der Waals surface area contributed by atoms with Crippen molar-refractivity contribution in [2.24, 2.45) is 0 Å². The van der Waals surface area contributed by atoms with Gasteiger partial charge in [0.2, 0.25) is 0 Å². The normalized spacial score (nSPS) is 11.3. The highest BCUT2D eigenvalue weighted by molar-refractivity contribution is 7.15. The molecule has 8 heteroatoms. The van der Waals surface area contributed by atoms with E-state index in [2.05, 4.69) is 11.1 Å². The van der Waals surface area contributed by atoms with Gasteiger partial charge in [-0.3, -0.25) is 9.20 Å². The maximum atomic E-state index is 12.1. The molecule has 3 aromatic heterocycles. The molecular formula is C21H16N4O3S. The summed E-state index contributed by atoms with van der Waals surface area (Å²) in [6.07, 6.45) is 7.02. The molecule has 4 aromatic rings. The summed E-state index contributed by atoms with van der Waals surface area (Å²) in [5, 5.41) is 11.6. The van der Waals surface area contributed by atoms with Crippen LogP contribution in [0.4, 0.5) is 0 Å². The molecule has 144 valence electrons. The van der Waals surface area contributed by atoms with Gasteiger partial charge in [0.25, 0.3) is 5.56 Å². The zero-order valence-corrected chi connectivity index (χ0v) is 16.1. The minimum atomic E-state index is -0.521. The van der Waals surface area contributed by atoms with Crippen LogP contribution in [0.1, 0.15) is 17.7 Å². The first-order chi connectivity index (χ1) is 14.2. The third-order valence-corrected chi connectivity index (χ3v) is 5.16. The summed E-state index contributed by atoms with van der Waals surface area (Å²) in [4.78, 5) is 29.0.